The molecule has 2 aromatic carbocycles. The van der Waals surface area contributed by atoms with E-state index < -0.39 is 0 Å². The van der Waals surface area contributed by atoms with Gasteiger partial charge in [-0.3, -0.25) is 4.79 Å². The predicted octanol–water partition coefficient (Wildman–Crippen LogP) is 4.84. The molecule has 0 aliphatic heterocycles. The summed E-state index contributed by atoms with van der Waals surface area (Å²) in [5.41, 5.74) is 3.70. The van der Waals surface area contributed by atoms with Gasteiger partial charge in [0.25, 0.3) is 0 Å². The summed E-state index contributed by atoms with van der Waals surface area (Å²) in [6, 6.07) is 12.1. The molecule has 0 atom stereocenters. The smallest absolute Gasteiger partial charge is 0.226 e. The molecule has 0 fully saturated rings. The molecule has 1 aromatic heterocycles. The number of carbonyl (C=O) groups excluding carboxylic acids is 1. The van der Waals surface area contributed by atoms with Gasteiger partial charge in [-0.15, -0.1) is 11.3 Å². The minimum atomic E-state index is -0.278. The van der Waals surface area contributed by atoms with Crippen LogP contribution in [0.4, 0.5) is 9.52 Å². The molecular formula is C20H19FN2O2S. The molecule has 4 nitrogen and oxygen atoms in total. The van der Waals surface area contributed by atoms with Crippen molar-refractivity contribution in [2.45, 2.75) is 19.8 Å². The highest BCUT2D eigenvalue weighted by Gasteiger charge is 2.12. The highest BCUT2D eigenvalue weighted by molar-refractivity contribution is 7.14. The molecule has 0 radical (unpaired) electrons. The van der Waals surface area contributed by atoms with Gasteiger partial charge < -0.3 is 10.1 Å². The molecule has 0 aliphatic carbocycles. The zero-order valence-corrected chi connectivity index (χ0v) is 15.4. The van der Waals surface area contributed by atoms with Crippen LogP contribution in [0.25, 0.3) is 11.3 Å². The van der Waals surface area contributed by atoms with Crippen molar-refractivity contribution in [1.82, 2.24) is 4.98 Å². The van der Waals surface area contributed by atoms with E-state index >= 15 is 0 Å². The zero-order chi connectivity index (χ0) is 18.5. The van der Waals surface area contributed by atoms with Crippen molar-refractivity contribution in [3.63, 3.8) is 0 Å². The minimum absolute atomic E-state index is 0.119. The summed E-state index contributed by atoms with van der Waals surface area (Å²) in [5, 5.41) is 5.26. The van der Waals surface area contributed by atoms with Gasteiger partial charge in [0.05, 0.1) is 12.8 Å². The number of aryl methyl sites for hydroxylation is 2. The third-order valence-electron chi connectivity index (χ3n) is 3.94. The van der Waals surface area contributed by atoms with Gasteiger partial charge in [0.1, 0.15) is 11.6 Å². The van der Waals surface area contributed by atoms with Crippen LogP contribution in [0, 0.1) is 12.7 Å². The number of halogens is 1. The highest BCUT2D eigenvalue weighted by Crippen LogP contribution is 2.33. The Morgan fingerprint density at radius 2 is 2.00 bits per heavy atom. The van der Waals surface area contributed by atoms with E-state index in [-0.39, 0.29) is 11.7 Å². The summed E-state index contributed by atoms with van der Waals surface area (Å²) in [6.07, 6.45) is 0.865. The average molecular weight is 370 g/mol. The lowest BCUT2D eigenvalue weighted by Crippen LogP contribution is -2.12. The highest BCUT2D eigenvalue weighted by atomic mass is 32.1. The molecule has 1 heterocycles. The van der Waals surface area contributed by atoms with Gasteiger partial charge in [0.2, 0.25) is 5.91 Å². The number of anilines is 1. The van der Waals surface area contributed by atoms with Crippen molar-refractivity contribution in [2.75, 3.05) is 12.4 Å². The fourth-order valence-corrected chi connectivity index (χ4v) is 3.29. The standard InChI is InChI=1S/C20H19FN2O2S/c1-13-3-9-18(25-2)16(11-13)17-12-26-20(22-17)23-19(24)10-6-14-4-7-15(21)8-5-14/h3-5,7-9,11-12H,6,10H2,1-2H3,(H,22,23,24). The van der Waals surface area contributed by atoms with Crippen LogP contribution < -0.4 is 10.1 Å². The number of nitrogens with one attached hydrogen (secondary N) is 1. The first-order valence-electron chi connectivity index (χ1n) is 8.20. The van der Waals surface area contributed by atoms with Crippen molar-refractivity contribution in [3.8, 4) is 17.0 Å². The van der Waals surface area contributed by atoms with Crippen molar-refractivity contribution < 1.29 is 13.9 Å². The molecule has 0 saturated carbocycles. The fourth-order valence-electron chi connectivity index (χ4n) is 2.57. The monoisotopic (exact) mass is 370 g/mol. The van der Waals surface area contributed by atoms with Gasteiger partial charge in [0.15, 0.2) is 5.13 Å². The van der Waals surface area contributed by atoms with Crippen LogP contribution in [0.1, 0.15) is 17.5 Å². The lowest BCUT2D eigenvalue weighted by atomic mass is 10.1. The quantitative estimate of drug-likeness (QED) is 0.676. The molecule has 1 amide bonds. The number of amides is 1. The molecule has 3 aromatic rings. The minimum Gasteiger partial charge on any atom is -0.496 e. The molecule has 0 saturated heterocycles. The van der Waals surface area contributed by atoms with E-state index in [4.69, 9.17) is 4.74 Å². The number of aromatic nitrogens is 1. The molecule has 0 aliphatic rings. The topological polar surface area (TPSA) is 51.2 Å². The summed E-state index contributed by atoms with van der Waals surface area (Å²) in [5.74, 6) is 0.349. The molecule has 6 heteroatoms. The van der Waals surface area contributed by atoms with E-state index in [1.807, 2.05) is 30.5 Å². The Bertz CT molecular complexity index is 906. The number of thiazole rings is 1. The lowest BCUT2D eigenvalue weighted by molar-refractivity contribution is -0.116. The van der Waals surface area contributed by atoms with E-state index in [2.05, 4.69) is 10.3 Å². The molecule has 1 N–H and O–H groups in total. The van der Waals surface area contributed by atoms with Crippen LogP contribution in [-0.2, 0) is 11.2 Å². The Balaban J connectivity index is 1.64. The maximum Gasteiger partial charge on any atom is 0.226 e. The fraction of sp³-hybridized carbons (Fsp3) is 0.200. The Morgan fingerprint density at radius 3 is 2.73 bits per heavy atom. The zero-order valence-electron chi connectivity index (χ0n) is 14.6. The molecule has 134 valence electrons. The van der Waals surface area contributed by atoms with E-state index in [0.717, 1.165) is 28.1 Å². The van der Waals surface area contributed by atoms with Crippen molar-refractivity contribution in [1.29, 1.82) is 0 Å². The van der Waals surface area contributed by atoms with Gasteiger partial charge in [0, 0.05) is 17.4 Å². The first-order chi connectivity index (χ1) is 12.5. The molecule has 0 spiro atoms. The van der Waals surface area contributed by atoms with Gasteiger partial charge >= 0.3 is 0 Å². The van der Waals surface area contributed by atoms with Gasteiger partial charge in [-0.25, -0.2) is 9.37 Å². The Labute approximate surface area is 155 Å². The number of hydrogen-bond donors (Lipinski definition) is 1. The molecule has 26 heavy (non-hydrogen) atoms. The molecule has 3 rings (SSSR count). The number of rotatable bonds is 6. The predicted molar refractivity (Wildman–Crippen MR) is 102 cm³/mol. The SMILES string of the molecule is COc1ccc(C)cc1-c1csc(NC(=O)CCc2ccc(F)cc2)n1. The molecule has 0 bridgehead atoms. The lowest BCUT2D eigenvalue weighted by Gasteiger charge is -2.07. The van der Waals surface area contributed by atoms with E-state index in [9.17, 15) is 9.18 Å². The van der Waals surface area contributed by atoms with E-state index in [0.29, 0.717) is 18.0 Å². The number of methoxy groups -OCH3 is 1. The third kappa shape index (κ3) is 4.46. The van der Waals surface area contributed by atoms with Gasteiger partial charge in [-0.1, -0.05) is 23.8 Å². The number of hydrogen-bond acceptors (Lipinski definition) is 4. The Kier molecular flexibility index (Phi) is 5.63. The number of carbonyl (C=O) groups is 1. The first-order valence-corrected chi connectivity index (χ1v) is 9.08. The summed E-state index contributed by atoms with van der Waals surface area (Å²) in [6.45, 7) is 2.01. The summed E-state index contributed by atoms with van der Waals surface area (Å²) in [4.78, 5) is 16.6. The van der Waals surface area contributed by atoms with Crippen molar-refractivity contribution in [3.05, 3.63) is 64.8 Å². The summed E-state index contributed by atoms with van der Waals surface area (Å²) in [7, 11) is 1.62. The normalized spacial score (nSPS) is 10.6. The van der Waals surface area contributed by atoms with Crippen LogP contribution in [0.3, 0.4) is 0 Å². The largest absolute Gasteiger partial charge is 0.496 e. The molecular weight excluding hydrogens is 351 g/mol. The van der Waals surface area contributed by atoms with Crippen molar-refractivity contribution in [2.24, 2.45) is 0 Å². The first kappa shape index (κ1) is 18.1. The van der Waals surface area contributed by atoms with E-state index in [1.54, 1.807) is 19.2 Å². The van der Waals surface area contributed by atoms with Crippen molar-refractivity contribution >= 4 is 22.4 Å². The van der Waals surface area contributed by atoms with Crippen LogP contribution in [0.5, 0.6) is 5.75 Å². The second-order valence-corrected chi connectivity index (χ2v) is 6.77. The van der Waals surface area contributed by atoms with E-state index in [1.165, 1.54) is 23.5 Å². The average Bonchev–Trinajstić information content (AvgIpc) is 3.09. The molecule has 0 unspecified atom stereocenters. The Hall–Kier alpha value is -2.73. The summed E-state index contributed by atoms with van der Waals surface area (Å²) < 4.78 is 18.3. The maximum atomic E-state index is 12.9. The second-order valence-electron chi connectivity index (χ2n) is 5.92. The van der Waals surface area contributed by atoms with Crippen LogP contribution in [0.2, 0.25) is 0 Å². The number of benzene rings is 2. The van der Waals surface area contributed by atoms with Crippen LogP contribution in [0.15, 0.2) is 47.8 Å². The second kappa shape index (κ2) is 8.10. The van der Waals surface area contributed by atoms with Crippen LogP contribution >= 0.6 is 11.3 Å². The summed E-state index contributed by atoms with van der Waals surface area (Å²) >= 11 is 1.37. The van der Waals surface area contributed by atoms with Gasteiger partial charge in [-0.2, -0.15) is 0 Å². The Morgan fingerprint density at radius 1 is 1.23 bits per heavy atom. The van der Waals surface area contributed by atoms with Crippen LogP contribution in [-0.4, -0.2) is 18.0 Å². The maximum absolute atomic E-state index is 12.9. The van der Waals surface area contributed by atoms with Gasteiger partial charge in [-0.05, 0) is 43.2 Å². The number of ether oxygens (including phenoxy) is 1. The number of nitrogens with zero attached hydrogens (tertiary/aromatic N) is 1. The third-order valence-corrected chi connectivity index (χ3v) is 4.69.